The molecule has 2 heterocycles. The number of hydrogen-bond acceptors (Lipinski definition) is 4. The molecule has 1 aromatic carbocycles. The molecule has 3 nitrogen and oxygen atoms in total. The maximum Gasteiger partial charge on any atom is 0.0797 e. The van der Waals surface area contributed by atoms with Gasteiger partial charge < -0.3 is 10.2 Å². The maximum absolute atomic E-state index is 6.25. The monoisotopic (exact) mass is 349 g/mol. The van der Waals surface area contributed by atoms with E-state index in [1.54, 1.807) is 11.3 Å². The Kier molecular flexibility index (Phi) is 5.57. The first-order valence-electron chi connectivity index (χ1n) is 8.27. The Morgan fingerprint density at radius 3 is 2.74 bits per heavy atom. The summed E-state index contributed by atoms with van der Waals surface area (Å²) in [6, 6.07) is 7.01. The summed E-state index contributed by atoms with van der Waals surface area (Å²) < 4.78 is 0. The first kappa shape index (κ1) is 16.7. The Hall–Kier alpha value is -1.10. The third-order valence-electron chi connectivity index (χ3n) is 4.65. The van der Waals surface area contributed by atoms with Crippen LogP contribution in [0.5, 0.6) is 0 Å². The van der Waals surface area contributed by atoms with Gasteiger partial charge in [0.1, 0.15) is 0 Å². The summed E-state index contributed by atoms with van der Waals surface area (Å²) in [5.74, 6) is 0. The van der Waals surface area contributed by atoms with Crippen LogP contribution in [0.2, 0.25) is 5.02 Å². The van der Waals surface area contributed by atoms with E-state index in [0.717, 1.165) is 36.6 Å². The van der Waals surface area contributed by atoms with Crippen LogP contribution in [0, 0.1) is 13.8 Å². The molecule has 23 heavy (non-hydrogen) atoms. The molecule has 2 aromatic rings. The number of rotatable bonds is 5. The van der Waals surface area contributed by atoms with Gasteiger partial charge in [-0.05, 0) is 50.8 Å². The highest BCUT2D eigenvalue weighted by Gasteiger charge is 2.19. The van der Waals surface area contributed by atoms with Gasteiger partial charge in [-0.1, -0.05) is 17.7 Å². The van der Waals surface area contributed by atoms with Crippen LogP contribution < -0.4 is 10.2 Å². The Labute approximate surface area is 147 Å². The molecule has 3 rings (SSSR count). The molecular weight excluding hydrogens is 326 g/mol. The Bertz CT molecular complexity index is 647. The second-order valence-corrected chi connectivity index (χ2v) is 7.61. The molecule has 0 spiro atoms. The highest BCUT2D eigenvalue weighted by Crippen LogP contribution is 2.25. The van der Waals surface area contributed by atoms with E-state index in [-0.39, 0.29) is 0 Å². The molecule has 0 atom stereocenters. The number of thiazole rings is 1. The van der Waals surface area contributed by atoms with Crippen LogP contribution in [0.1, 0.15) is 29.0 Å². The van der Waals surface area contributed by atoms with Gasteiger partial charge in [-0.15, -0.1) is 11.3 Å². The highest BCUT2D eigenvalue weighted by atomic mass is 35.5. The zero-order valence-electron chi connectivity index (χ0n) is 13.8. The van der Waals surface area contributed by atoms with Crippen LogP contribution in [0.4, 0.5) is 5.69 Å². The van der Waals surface area contributed by atoms with E-state index in [9.17, 15) is 0 Å². The Balaban J connectivity index is 1.45. The van der Waals surface area contributed by atoms with Crippen molar-refractivity contribution in [3.8, 4) is 0 Å². The molecular formula is C18H24ClN3S. The van der Waals surface area contributed by atoms with Crippen LogP contribution in [0.25, 0.3) is 0 Å². The fraction of sp³-hybridized carbons (Fsp3) is 0.500. The molecule has 1 aliphatic heterocycles. The van der Waals surface area contributed by atoms with Gasteiger partial charge in [0.15, 0.2) is 0 Å². The van der Waals surface area contributed by atoms with Gasteiger partial charge in [-0.3, -0.25) is 0 Å². The summed E-state index contributed by atoms with van der Waals surface area (Å²) in [4.78, 5) is 8.16. The van der Waals surface area contributed by atoms with Crippen molar-refractivity contribution in [1.82, 2.24) is 10.3 Å². The Morgan fingerprint density at radius 1 is 1.30 bits per heavy atom. The van der Waals surface area contributed by atoms with Gasteiger partial charge in [0.2, 0.25) is 0 Å². The molecule has 0 amide bonds. The molecule has 0 saturated carbocycles. The topological polar surface area (TPSA) is 28.2 Å². The minimum Gasteiger partial charge on any atom is -0.371 e. The smallest absolute Gasteiger partial charge is 0.0797 e. The molecule has 0 radical (unpaired) electrons. The van der Waals surface area contributed by atoms with Crippen molar-refractivity contribution in [1.29, 1.82) is 0 Å². The fourth-order valence-corrected chi connectivity index (χ4v) is 4.03. The summed E-state index contributed by atoms with van der Waals surface area (Å²) in [5.41, 5.74) is 5.52. The summed E-state index contributed by atoms with van der Waals surface area (Å²) in [7, 11) is 0. The van der Waals surface area contributed by atoms with Gasteiger partial charge in [-0.2, -0.15) is 0 Å². The van der Waals surface area contributed by atoms with Gasteiger partial charge in [0.05, 0.1) is 11.2 Å². The normalized spacial score (nSPS) is 16.0. The standard InChI is InChI=1S/C18H24ClN3S/c1-13-3-4-16(11-17(13)19)22-9-6-15(7-10-22)20-8-5-18-14(2)21-12-23-18/h3-4,11-12,15,20H,5-10H2,1-2H3. The minimum atomic E-state index is 0.625. The molecule has 1 saturated heterocycles. The molecule has 0 bridgehead atoms. The van der Waals surface area contributed by atoms with Crippen LogP contribution >= 0.6 is 22.9 Å². The molecule has 124 valence electrons. The number of halogens is 1. The van der Waals surface area contributed by atoms with E-state index in [4.69, 9.17) is 11.6 Å². The van der Waals surface area contributed by atoms with E-state index in [1.165, 1.54) is 29.1 Å². The van der Waals surface area contributed by atoms with Gasteiger partial charge >= 0.3 is 0 Å². The number of nitrogens with zero attached hydrogens (tertiary/aromatic N) is 2. The van der Waals surface area contributed by atoms with Crippen LogP contribution in [-0.2, 0) is 6.42 Å². The molecule has 1 aliphatic rings. The largest absolute Gasteiger partial charge is 0.371 e. The van der Waals surface area contributed by atoms with Crippen molar-refractivity contribution in [2.75, 3.05) is 24.5 Å². The third-order valence-corrected chi connectivity index (χ3v) is 6.05. The number of aryl methyl sites for hydroxylation is 2. The lowest BCUT2D eigenvalue weighted by Gasteiger charge is -2.34. The number of benzene rings is 1. The molecule has 1 fully saturated rings. The number of piperidine rings is 1. The van der Waals surface area contributed by atoms with Crippen molar-refractivity contribution in [3.63, 3.8) is 0 Å². The van der Waals surface area contributed by atoms with E-state index < -0.39 is 0 Å². The Morgan fingerprint density at radius 2 is 2.09 bits per heavy atom. The van der Waals surface area contributed by atoms with E-state index in [1.807, 2.05) is 12.4 Å². The summed E-state index contributed by atoms with van der Waals surface area (Å²) >= 11 is 8.01. The lowest BCUT2D eigenvalue weighted by Crippen LogP contribution is -2.43. The molecule has 1 aromatic heterocycles. The van der Waals surface area contributed by atoms with Crippen LogP contribution in [0.15, 0.2) is 23.7 Å². The minimum absolute atomic E-state index is 0.625. The lowest BCUT2D eigenvalue weighted by atomic mass is 10.0. The van der Waals surface area contributed by atoms with Crippen LogP contribution in [0.3, 0.4) is 0 Å². The van der Waals surface area contributed by atoms with Crippen molar-refractivity contribution in [2.24, 2.45) is 0 Å². The first-order valence-corrected chi connectivity index (χ1v) is 9.52. The predicted octanol–water partition coefficient (Wildman–Crippen LogP) is 4.21. The zero-order valence-corrected chi connectivity index (χ0v) is 15.4. The van der Waals surface area contributed by atoms with Gasteiger partial charge in [-0.25, -0.2) is 4.98 Å². The average Bonchev–Trinajstić information content (AvgIpc) is 2.96. The number of anilines is 1. The SMILES string of the molecule is Cc1ccc(N2CCC(NCCc3scnc3C)CC2)cc1Cl. The van der Waals surface area contributed by atoms with Crippen molar-refractivity contribution >= 4 is 28.6 Å². The van der Waals surface area contributed by atoms with Crippen molar-refractivity contribution in [3.05, 3.63) is 44.9 Å². The first-order chi connectivity index (χ1) is 11.1. The number of hydrogen-bond donors (Lipinski definition) is 1. The zero-order chi connectivity index (χ0) is 16.2. The van der Waals surface area contributed by atoms with E-state index in [0.29, 0.717) is 6.04 Å². The van der Waals surface area contributed by atoms with Gasteiger partial charge in [0.25, 0.3) is 0 Å². The second-order valence-electron chi connectivity index (χ2n) is 6.26. The predicted molar refractivity (Wildman–Crippen MR) is 100.0 cm³/mol. The molecule has 0 aliphatic carbocycles. The molecule has 1 N–H and O–H groups in total. The van der Waals surface area contributed by atoms with E-state index >= 15 is 0 Å². The lowest BCUT2D eigenvalue weighted by molar-refractivity contribution is 0.418. The summed E-state index contributed by atoms with van der Waals surface area (Å²) in [5, 5.41) is 4.57. The summed E-state index contributed by atoms with van der Waals surface area (Å²) in [6.45, 7) is 7.38. The van der Waals surface area contributed by atoms with Gasteiger partial charge in [0, 0.05) is 41.3 Å². The quantitative estimate of drug-likeness (QED) is 0.876. The number of aromatic nitrogens is 1. The molecule has 5 heteroatoms. The third kappa shape index (κ3) is 4.25. The van der Waals surface area contributed by atoms with Crippen molar-refractivity contribution in [2.45, 2.75) is 39.2 Å². The fourth-order valence-electron chi connectivity index (χ4n) is 3.08. The van der Waals surface area contributed by atoms with E-state index in [2.05, 4.69) is 40.3 Å². The highest BCUT2D eigenvalue weighted by molar-refractivity contribution is 7.09. The summed E-state index contributed by atoms with van der Waals surface area (Å²) in [6.07, 6.45) is 3.46. The molecule has 0 unspecified atom stereocenters. The maximum atomic E-state index is 6.25. The number of nitrogens with one attached hydrogen (secondary N) is 1. The average molecular weight is 350 g/mol. The van der Waals surface area contributed by atoms with Crippen molar-refractivity contribution < 1.29 is 0 Å². The van der Waals surface area contributed by atoms with Crippen LogP contribution in [-0.4, -0.2) is 30.7 Å². The second kappa shape index (κ2) is 7.65.